The van der Waals surface area contributed by atoms with Crippen LogP contribution < -0.4 is 0 Å². The monoisotopic (exact) mass is 316 g/mol. The van der Waals surface area contributed by atoms with Crippen LogP contribution in [0.1, 0.15) is 25.3 Å². The highest BCUT2D eigenvalue weighted by Gasteiger charge is 2.29. The Morgan fingerprint density at radius 2 is 1.83 bits per heavy atom. The molecule has 0 aromatic heterocycles. The Bertz CT molecular complexity index is 774. The first-order chi connectivity index (χ1) is 11.9. The van der Waals surface area contributed by atoms with Gasteiger partial charge in [0.25, 0.3) is 0 Å². The van der Waals surface area contributed by atoms with Crippen LogP contribution in [0.25, 0.3) is 11.1 Å². The first-order valence-electron chi connectivity index (χ1n) is 9.00. The zero-order valence-electron chi connectivity index (χ0n) is 14.3. The molecule has 0 saturated carbocycles. The van der Waals surface area contributed by atoms with Crippen molar-refractivity contribution in [2.75, 3.05) is 13.1 Å². The molecule has 0 saturated heterocycles. The lowest BCUT2D eigenvalue weighted by molar-refractivity contribution is 0.320. The second-order valence-electron chi connectivity index (χ2n) is 6.63. The van der Waals surface area contributed by atoms with E-state index in [9.17, 15) is 0 Å². The van der Waals surface area contributed by atoms with Gasteiger partial charge in [0, 0.05) is 19.0 Å². The molecule has 0 N–H and O–H groups in total. The van der Waals surface area contributed by atoms with E-state index in [-0.39, 0.29) is 0 Å². The number of amidine groups is 1. The molecule has 0 radical (unpaired) electrons. The summed E-state index contributed by atoms with van der Waals surface area (Å²) in [6.45, 7) is 4.32. The zero-order chi connectivity index (χ0) is 16.4. The molecular formula is C22H24N2. The average molecular weight is 316 g/mol. The third kappa shape index (κ3) is 2.77. The number of aliphatic imine (C=N–C) groups is 1. The Hall–Kier alpha value is -2.35. The standard InChI is InChI=1S/C22H24N2/c1-2-20-13-12-19(22-23-14-15-24(20)22)16-18-10-6-7-11-21(18)17-8-4-3-5-9-17/h3-12,20H,2,13-16H2,1H3. The van der Waals surface area contributed by atoms with Gasteiger partial charge in [-0.1, -0.05) is 67.6 Å². The van der Waals surface area contributed by atoms with Crippen LogP contribution in [0.15, 0.2) is 71.2 Å². The SMILES string of the molecule is CCC1CC=C(Cc2ccccc2-c2ccccc2)C2=NCCN21. The van der Waals surface area contributed by atoms with Crippen LogP contribution in [-0.2, 0) is 6.42 Å². The fourth-order valence-electron chi connectivity index (χ4n) is 3.92. The van der Waals surface area contributed by atoms with Gasteiger partial charge in [-0.05, 0) is 35.1 Å². The molecule has 2 aromatic carbocycles. The number of hydrogen-bond acceptors (Lipinski definition) is 2. The second kappa shape index (κ2) is 6.64. The van der Waals surface area contributed by atoms with Gasteiger partial charge in [0.2, 0.25) is 0 Å². The Kier molecular flexibility index (Phi) is 4.20. The van der Waals surface area contributed by atoms with Crippen molar-refractivity contribution in [2.24, 2.45) is 4.99 Å². The van der Waals surface area contributed by atoms with E-state index in [1.54, 1.807) is 0 Å². The first-order valence-corrected chi connectivity index (χ1v) is 9.00. The van der Waals surface area contributed by atoms with E-state index in [0.717, 1.165) is 25.9 Å². The lowest BCUT2D eigenvalue weighted by Gasteiger charge is -2.34. The van der Waals surface area contributed by atoms with Crippen LogP contribution >= 0.6 is 0 Å². The minimum absolute atomic E-state index is 0.638. The molecule has 24 heavy (non-hydrogen) atoms. The van der Waals surface area contributed by atoms with Gasteiger partial charge >= 0.3 is 0 Å². The quantitative estimate of drug-likeness (QED) is 0.797. The number of fused-ring (bicyclic) bond motifs is 1. The van der Waals surface area contributed by atoms with E-state index in [4.69, 9.17) is 4.99 Å². The lowest BCUT2D eigenvalue weighted by atomic mass is 9.91. The maximum Gasteiger partial charge on any atom is 0.127 e. The van der Waals surface area contributed by atoms with Gasteiger partial charge in [-0.25, -0.2) is 0 Å². The summed E-state index contributed by atoms with van der Waals surface area (Å²) >= 11 is 0. The van der Waals surface area contributed by atoms with E-state index < -0.39 is 0 Å². The Morgan fingerprint density at radius 3 is 2.67 bits per heavy atom. The van der Waals surface area contributed by atoms with Gasteiger partial charge in [0.05, 0.1) is 6.54 Å². The topological polar surface area (TPSA) is 15.6 Å². The normalized spacial score (nSPS) is 19.7. The van der Waals surface area contributed by atoms with E-state index in [1.165, 1.54) is 34.5 Å². The zero-order valence-corrected chi connectivity index (χ0v) is 14.3. The molecule has 2 aliphatic rings. The Balaban J connectivity index is 1.66. The van der Waals surface area contributed by atoms with Crippen LogP contribution in [0.5, 0.6) is 0 Å². The summed E-state index contributed by atoms with van der Waals surface area (Å²) in [4.78, 5) is 7.34. The van der Waals surface area contributed by atoms with Crippen molar-refractivity contribution in [2.45, 2.75) is 32.2 Å². The predicted octanol–water partition coefficient (Wildman–Crippen LogP) is 4.72. The van der Waals surface area contributed by atoms with Gasteiger partial charge in [-0.15, -0.1) is 0 Å². The van der Waals surface area contributed by atoms with Crippen molar-refractivity contribution in [1.29, 1.82) is 0 Å². The van der Waals surface area contributed by atoms with Crippen molar-refractivity contribution in [3.63, 3.8) is 0 Å². The second-order valence-corrected chi connectivity index (χ2v) is 6.63. The highest BCUT2D eigenvalue weighted by atomic mass is 15.3. The van der Waals surface area contributed by atoms with Crippen molar-refractivity contribution < 1.29 is 0 Å². The predicted molar refractivity (Wildman–Crippen MR) is 101 cm³/mol. The minimum Gasteiger partial charge on any atom is -0.352 e. The minimum atomic E-state index is 0.638. The molecular weight excluding hydrogens is 292 g/mol. The molecule has 2 aromatic rings. The summed E-state index contributed by atoms with van der Waals surface area (Å²) in [6, 6.07) is 20.1. The smallest absolute Gasteiger partial charge is 0.127 e. The fraction of sp³-hybridized carbons (Fsp3) is 0.318. The molecule has 0 aliphatic carbocycles. The highest BCUT2D eigenvalue weighted by Crippen LogP contribution is 2.30. The van der Waals surface area contributed by atoms with Crippen molar-refractivity contribution in [3.05, 3.63) is 71.8 Å². The number of hydrogen-bond donors (Lipinski definition) is 0. The van der Waals surface area contributed by atoms with Crippen LogP contribution in [0, 0.1) is 0 Å². The Morgan fingerprint density at radius 1 is 1.04 bits per heavy atom. The van der Waals surface area contributed by atoms with Crippen LogP contribution in [0.2, 0.25) is 0 Å². The number of rotatable bonds is 4. The molecule has 0 amide bonds. The molecule has 1 unspecified atom stereocenters. The summed E-state index contributed by atoms with van der Waals surface area (Å²) in [7, 11) is 0. The summed E-state index contributed by atoms with van der Waals surface area (Å²) in [5.41, 5.74) is 5.42. The van der Waals surface area contributed by atoms with Gasteiger partial charge in [0.1, 0.15) is 5.84 Å². The molecule has 2 aliphatic heterocycles. The molecule has 0 spiro atoms. The van der Waals surface area contributed by atoms with E-state index in [0.29, 0.717) is 6.04 Å². The molecule has 0 fully saturated rings. The fourth-order valence-corrected chi connectivity index (χ4v) is 3.92. The molecule has 2 nitrogen and oxygen atoms in total. The van der Waals surface area contributed by atoms with Crippen molar-refractivity contribution in [1.82, 2.24) is 4.90 Å². The molecule has 2 heterocycles. The van der Waals surface area contributed by atoms with E-state index in [1.807, 2.05) is 0 Å². The van der Waals surface area contributed by atoms with Gasteiger partial charge in [-0.3, -0.25) is 4.99 Å². The first kappa shape index (κ1) is 15.2. The summed E-state index contributed by atoms with van der Waals surface area (Å²) < 4.78 is 0. The third-order valence-corrected chi connectivity index (χ3v) is 5.19. The van der Waals surface area contributed by atoms with Crippen LogP contribution in [0.3, 0.4) is 0 Å². The largest absolute Gasteiger partial charge is 0.352 e. The summed E-state index contributed by atoms with van der Waals surface area (Å²) in [6.07, 6.45) is 5.75. The Labute approximate surface area is 144 Å². The van der Waals surface area contributed by atoms with Crippen molar-refractivity contribution in [3.8, 4) is 11.1 Å². The van der Waals surface area contributed by atoms with Crippen LogP contribution in [-0.4, -0.2) is 29.9 Å². The van der Waals surface area contributed by atoms with Crippen molar-refractivity contribution >= 4 is 5.84 Å². The molecule has 1 atom stereocenters. The highest BCUT2D eigenvalue weighted by molar-refractivity contribution is 6.00. The van der Waals surface area contributed by atoms with E-state index >= 15 is 0 Å². The maximum atomic E-state index is 4.81. The lowest BCUT2D eigenvalue weighted by Crippen LogP contribution is -2.41. The molecule has 4 rings (SSSR count). The van der Waals surface area contributed by atoms with Gasteiger partial charge in [0.15, 0.2) is 0 Å². The molecule has 0 bridgehead atoms. The number of benzene rings is 2. The molecule has 122 valence electrons. The van der Waals surface area contributed by atoms with Gasteiger partial charge < -0.3 is 4.90 Å². The molecule has 2 heteroatoms. The average Bonchev–Trinajstić information content (AvgIpc) is 3.13. The van der Waals surface area contributed by atoms with Crippen LogP contribution in [0.4, 0.5) is 0 Å². The third-order valence-electron chi connectivity index (χ3n) is 5.19. The van der Waals surface area contributed by atoms with Gasteiger partial charge in [-0.2, -0.15) is 0 Å². The summed E-state index contributed by atoms with van der Waals surface area (Å²) in [5.74, 6) is 1.25. The maximum absolute atomic E-state index is 4.81. The number of nitrogens with zero attached hydrogens (tertiary/aromatic N) is 2. The summed E-state index contributed by atoms with van der Waals surface area (Å²) in [5, 5.41) is 0. The van der Waals surface area contributed by atoms with E-state index in [2.05, 4.69) is 72.5 Å².